The highest BCUT2D eigenvalue weighted by atomic mass is 28.4. The topological polar surface area (TPSA) is 27.7 Å². The van der Waals surface area contributed by atoms with Crippen LogP contribution in [-0.2, 0) is 13.6 Å². The van der Waals surface area contributed by atoms with Gasteiger partial charge in [0.05, 0.1) is 12.7 Å². The molecule has 0 aromatic heterocycles. The van der Waals surface area contributed by atoms with E-state index in [9.17, 15) is 0 Å². The maximum atomic E-state index is 5.91. The molecule has 0 bridgehead atoms. The SMILES string of the molecule is COC(O[Si](C)(C)OC(C)(C)C)=C(C)C. The van der Waals surface area contributed by atoms with Crippen LogP contribution in [0.2, 0.25) is 13.1 Å². The summed E-state index contributed by atoms with van der Waals surface area (Å²) in [6.45, 7) is 14.0. The van der Waals surface area contributed by atoms with E-state index in [1.54, 1.807) is 7.11 Å². The van der Waals surface area contributed by atoms with Crippen molar-refractivity contribution < 1.29 is 13.6 Å². The Morgan fingerprint density at radius 3 is 1.80 bits per heavy atom. The van der Waals surface area contributed by atoms with E-state index in [1.165, 1.54) is 0 Å². The smallest absolute Gasteiger partial charge is 0.395 e. The van der Waals surface area contributed by atoms with E-state index in [1.807, 2.05) is 47.7 Å². The molecule has 0 fully saturated rings. The van der Waals surface area contributed by atoms with E-state index >= 15 is 0 Å². The predicted molar refractivity (Wildman–Crippen MR) is 64.8 cm³/mol. The summed E-state index contributed by atoms with van der Waals surface area (Å²) in [5.41, 5.74) is 0.839. The first-order chi connectivity index (χ1) is 6.57. The summed E-state index contributed by atoms with van der Waals surface area (Å²) in [7, 11) is -0.553. The van der Waals surface area contributed by atoms with Gasteiger partial charge in [0.15, 0.2) is 0 Å². The zero-order valence-electron chi connectivity index (χ0n) is 11.2. The van der Waals surface area contributed by atoms with Crippen molar-refractivity contribution in [2.45, 2.75) is 53.3 Å². The van der Waals surface area contributed by atoms with Crippen molar-refractivity contribution >= 4 is 8.56 Å². The van der Waals surface area contributed by atoms with Gasteiger partial charge in [0, 0.05) is 5.57 Å². The van der Waals surface area contributed by atoms with E-state index in [-0.39, 0.29) is 5.60 Å². The maximum Gasteiger partial charge on any atom is 0.395 e. The van der Waals surface area contributed by atoms with Crippen molar-refractivity contribution in [3.05, 3.63) is 11.5 Å². The van der Waals surface area contributed by atoms with Crippen LogP contribution < -0.4 is 0 Å². The molecule has 3 nitrogen and oxygen atoms in total. The van der Waals surface area contributed by atoms with Crippen LogP contribution in [0.1, 0.15) is 34.6 Å². The highest BCUT2D eigenvalue weighted by molar-refractivity contribution is 6.64. The molecule has 0 rings (SSSR count). The normalized spacial score (nSPS) is 12.3. The minimum absolute atomic E-state index is 0.184. The van der Waals surface area contributed by atoms with Gasteiger partial charge in [-0.2, -0.15) is 0 Å². The Kier molecular flexibility index (Phi) is 4.87. The van der Waals surface area contributed by atoms with Crippen molar-refractivity contribution in [3.8, 4) is 0 Å². The zero-order valence-corrected chi connectivity index (χ0v) is 12.2. The van der Waals surface area contributed by atoms with Crippen LogP contribution in [0.3, 0.4) is 0 Å². The molecule has 0 aliphatic heterocycles. The molecule has 0 aliphatic rings. The second kappa shape index (κ2) is 5.03. The molecule has 90 valence electrons. The van der Waals surface area contributed by atoms with E-state index in [4.69, 9.17) is 13.6 Å². The van der Waals surface area contributed by atoms with Crippen LogP contribution in [0.15, 0.2) is 11.5 Å². The summed E-state index contributed by atoms with van der Waals surface area (Å²) in [6.07, 6.45) is 0. The van der Waals surface area contributed by atoms with Crippen LogP contribution in [0.4, 0.5) is 0 Å². The van der Waals surface area contributed by atoms with Crippen LogP contribution >= 0.6 is 0 Å². The molecule has 0 aromatic carbocycles. The Bertz CT molecular complexity index is 235. The van der Waals surface area contributed by atoms with E-state index < -0.39 is 8.56 Å². The van der Waals surface area contributed by atoms with E-state index in [2.05, 4.69) is 0 Å². The fourth-order valence-electron chi connectivity index (χ4n) is 1.33. The van der Waals surface area contributed by atoms with Gasteiger partial charge in [-0.25, -0.2) is 0 Å². The highest BCUT2D eigenvalue weighted by Gasteiger charge is 2.33. The Labute approximate surface area is 94.7 Å². The summed E-state index contributed by atoms with van der Waals surface area (Å²) in [4.78, 5) is 0. The highest BCUT2D eigenvalue weighted by Crippen LogP contribution is 2.21. The number of hydrogen-bond donors (Lipinski definition) is 0. The monoisotopic (exact) mass is 232 g/mol. The predicted octanol–water partition coefficient (Wildman–Crippen LogP) is 3.42. The lowest BCUT2D eigenvalue weighted by molar-refractivity contribution is 0.0501. The lowest BCUT2D eigenvalue weighted by Gasteiger charge is -2.32. The first-order valence-electron chi connectivity index (χ1n) is 5.18. The molecule has 0 heterocycles. The first-order valence-corrected chi connectivity index (χ1v) is 8.00. The van der Waals surface area contributed by atoms with Crippen LogP contribution in [0.5, 0.6) is 0 Å². The quantitative estimate of drug-likeness (QED) is 0.549. The molecular weight excluding hydrogens is 208 g/mol. The summed E-state index contributed by atoms with van der Waals surface area (Å²) < 4.78 is 16.9. The number of allylic oxidation sites excluding steroid dienone is 1. The second-order valence-electron chi connectivity index (χ2n) is 5.21. The third-order valence-corrected chi connectivity index (χ3v) is 3.27. The van der Waals surface area contributed by atoms with Gasteiger partial charge in [-0.15, -0.1) is 0 Å². The second-order valence-corrected chi connectivity index (χ2v) is 8.42. The van der Waals surface area contributed by atoms with Gasteiger partial charge >= 0.3 is 8.56 Å². The van der Waals surface area contributed by atoms with Gasteiger partial charge in [-0.05, 0) is 47.7 Å². The Hall–Kier alpha value is -0.483. The van der Waals surface area contributed by atoms with Gasteiger partial charge in [0.25, 0.3) is 5.95 Å². The minimum atomic E-state index is -2.17. The first kappa shape index (κ1) is 14.5. The molecule has 0 N–H and O–H groups in total. The number of ether oxygens (including phenoxy) is 1. The Morgan fingerprint density at radius 1 is 1.07 bits per heavy atom. The average molecular weight is 232 g/mol. The maximum absolute atomic E-state index is 5.91. The molecular formula is C11H24O3Si. The molecule has 0 saturated carbocycles. The van der Waals surface area contributed by atoms with Crippen molar-refractivity contribution in [2.24, 2.45) is 0 Å². The van der Waals surface area contributed by atoms with Gasteiger partial charge in [0.2, 0.25) is 0 Å². The molecule has 0 aromatic rings. The zero-order chi connectivity index (χ0) is 12.3. The third-order valence-electron chi connectivity index (χ3n) is 1.48. The molecule has 0 saturated heterocycles. The minimum Gasteiger partial charge on any atom is -0.494 e. The summed E-state index contributed by atoms with van der Waals surface area (Å²) in [6, 6.07) is 0. The van der Waals surface area contributed by atoms with Crippen LogP contribution in [0.25, 0.3) is 0 Å². The lowest BCUT2D eigenvalue weighted by atomic mass is 10.2. The Balaban J connectivity index is 4.57. The van der Waals surface area contributed by atoms with Crippen LogP contribution in [0, 0.1) is 0 Å². The number of hydrogen-bond acceptors (Lipinski definition) is 3. The molecule has 4 heteroatoms. The van der Waals surface area contributed by atoms with E-state index in [0.29, 0.717) is 5.95 Å². The third kappa shape index (κ3) is 6.57. The summed E-state index contributed by atoms with van der Waals surface area (Å²) >= 11 is 0. The van der Waals surface area contributed by atoms with E-state index in [0.717, 1.165) is 5.57 Å². The van der Waals surface area contributed by atoms with Gasteiger partial charge in [0.1, 0.15) is 0 Å². The summed E-state index contributed by atoms with van der Waals surface area (Å²) in [5, 5.41) is 0. The molecule has 0 spiro atoms. The van der Waals surface area contributed by atoms with Crippen molar-refractivity contribution in [1.82, 2.24) is 0 Å². The van der Waals surface area contributed by atoms with Crippen molar-refractivity contribution in [3.63, 3.8) is 0 Å². The van der Waals surface area contributed by atoms with Gasteiger partial charge in [-0.3, -0.25) is 0 Å². The molecule has 0 radical (unpaired) electrons. The fourth-order valence-corrected chi connectivity index (χ4v) is 3.58. The fraction of sp³-hybridized carbons (Fsp3) is 0.818. The lowest BCUT2D eigenvalue weighted by Crippen LogP contribution is -2.42. The van der Waals surface area contributed by atoms with Gasteiger partial charge in [-0.1, -0.05) is 0 Å². The van der Waals surface area contributed by atoms with Gasteiger partial charge < -0.3 is 13.6 Å². The largest absolute Gasteiger partial charge is 0.494 e. The Morgan fingerprint density at radius 2 is 1.53 bits per heavy atom. The van der Waals surface area contributed by atoms with Crippen LogP contribution in [-0.4, -0.2) is 21.3 Å². The molecule has 0 amide bonds. The molecule has 0 aliphatic carbocycles. The van der Waals surface area contributed by atoms with Crippen molar-refractivity contribution in [1.29, 1.82) is 0 Å². The standard InChI is InChI=1S/C11H24O3Si/c1-9(2)10(12-6)13-15(7,8)14-11(3,4)5/h1-8H3. The number of rotatable bonds is 4. The molecule has 15 heavy (non-hydrogen) atoms. The molecule has 0 atom stereocenters. The average Bonchev–Trinajstić information content (AvgIpc) is 1.94. The summed E-state index contributed by atoms with van der Waals surface area (Å²) in [5.74, 6) is 0.580. The number of methoxy groups -OCH3 is 1. The van der Waals surface area contributed by atoms with Crippen molar-refractivity contribution in [2.75, 3.05) is 7.11 Å². The molecule has 0 unspecified atom stereocenters.